The zero-order valence-corrected chi connectivity index (χ0v) is 10.4. The Kier molecular flexibility index (Phi) is 2.78. The summed E-state index contributed by atoms with van der Waals surface area (Å²) >= 11 is 6.22. The number of nitrogens with one attached hydrogen (secondary N) is 1. The monoisotopic (exact) mass is 223 g/mol. The molecule has 0 amide bonds. The molecule has 0 bridgehead atoms. The van der Waals surface area contributed by atoms with Crippen LogP contribution in [-0.4, -0.2) is 6.54 Å². The van der Waals surface area contributed by atoms with E-state index in [0.29, 0.717) is 5.92 Å². The Morgan fingerprint density at radius 1 is 1.33 bits per heavy atom. The predicted octanol–water partition coefficient (Wildman–Crippen LogP) is 3.57. The third kappa shape index (κ3) is 2.04. The molecule has 1 aromatic carbocycles. The van der Waals surface area contributed by atoms with Crippen LogP contribution in [0.2, 0.25) is 5.02 Å². The van der Waals surface area contributed by atoms with Crippen molar-refractivity contribution in [2.75, 3.05) is 6.54 Å². The maximum absolute atomic E-state index is 6.22. The minimum atomic E-state index is 0.285. The van der Waals surface area contributed by atoms with Crippen LogP contribution in [0.4, 0.5) is 0 Å². The van der Waals surface area contributed by atoms with E-state index in [9.17, 15) is 0 Å². The maximum Gasteiger partial charge on any atom is 0.0453 e. The molecule has 1 nitrogen and oxygen atoms in total. The van der Waals surface area contributed by atoms with Gasteiger partial charge in [0.2, 0.25) is 0 Å². The molecule has 0 fully saturated rings. The number of rotatable bonds is 0. The van der Waals surface area contributed by atoms with E-state index < -0.39 is 0 Å². The Morgan fingerprint density at radius 3 is 2.73 bits per heavy atom. The highest BCUT2D eigenvalue weighted by Gasteiger charge is 2.30. The van der Waals surface area contributed by atoms with Crippen molar-refractivity contribution < 1.29 is 0 Å². The molecule has 0 saturated carbocycles. The van der Waals surface area contributed by atoms with Crippen molar-refractivity contribution >= 4 is 11.6 Å². The molecule has 82 valence electrons. The lowest BCUT2D eigenvalue weighted by Gasteiger charge is -2.36. The molecule has 2 heteroatoms. The van der Waals surface area contributed by atoms with E-state index in [1.54, 1.807) is 0 Å². The van der Waals surface area contributed by atoms with E-state index in [1.807, 2.05) is 6.07 Å². The van der Waals surface area contributed by atoms with Gasteiger partial charge in [-0.05, 0) is 22.6 Å². The molecule has 1 unspecified atom stereocenters. The molecule has 1 aliphatic rings. The number of benzene rings is 1. The van der Waals surface area contributed by atoms with Gasteiger partial charge in [0.1, 0.15) is 0 Å². The smallest absolute Gasteiger partial charge is 0.0453 e. The zero-order valence-electron chi connectivity index (χ0n) is 9.60. The van der Waals surface area contributed by atoms with Gasteiger partial charge >= 0.3 is 0 Å². The minimum Gasteiger partial charge on any atom is -0.312 e. The summed E-state index contributed by atoms with van der Waals surface area (Å²) in [5.74, 6) is 0.556. The molecule has 1 atom stereocenters. The van der Waals surface area contributed by atoms with Gasteiger partial charge < -0.3 is 5.32 Å². The summed E-state index contributed by atoms with van der Waals surface area (Å²) in [7, 11) is 0. The summed E-state index contributed by atoms with van der Waals surface area (Å²) < 4.78 is 0. The Bertz CT molecular complexity index is 365. The largest absolute Gasteiger partial charge is 0.312 e. The Morgan fingerprint density at radius 2 is 2.07 bits per heavy atom. The number of halogens is 1. The fraction of sp³-hybridized carbons (Fsp3) is 0.538. The standard InChI is InChI=1S/C13H18ClN/c1-13(2,3)11-8-15-7-10-9(11)5-4-6-12(10)14/h4-6,11,15H,7-8H2,1-3H3. The molecule has 15 heavy (non-hydrogen) atoms. The van der Waals surface area contributed by atoms with Crippen LogP contribution in [-0.2, 0) is 6.54 Å². The predicted molar refractivity (Wildman–Crippen MR) is 65.4 cm³/mol. The normalized spacial score (nSPS) is 21.2. The first-order chi connectivity index (χ1) is 7.00. The average Bonchev–Trinajstić information content (AvgIpc) is 2.16. The Balaban J connectivity index is 2.48. The highest BCUT2D eigenvalue weighted by atomic mass is 35.5. The van der Waals surface area contributed by atoms with Crippen molar-refractivity contribution in [3.8, 4) is 0 Å². The zero-order chi connectivity index (χ0) is 11.1. The second-order valence-corrected chi connectivity index (χ2v) is 5.76. The van der Waals surface area contributed by atoms with Gasteiger partial charge in [-0.25, -0.2) is 0 Å². The second kappa shape index (κ2) is 3.80. The van der Waals surface area contributed by atoms with Gasteiger partial charge in [-0.1, -0.05) is 44.5 Å². The SMILES string of the molecule is CC(C)(C)C1CNCc2c(Cl)cccc21. The van der Waals surface area contributed by atoms with E-state index >= 15 is 0 Å². The lowest BCUT2D eigenvalue weighted by Crippen LogP contribution is -2.35. The van der Waals surface area contributed by atoms with Gasteiger partial charge in [-0.2, -0.15) is 0 Å². The van der Waals surface area contributed by atoms with Crippen LogP contribution in [0, 0.1) is 5.41 Å². The van der Waals surface area contributed by atoms with Crippen molar-refractivity contribution in [2.45, 2.75) is 33.2 Å². The molecule has 0 aromatic heterocycles. The van der Waals surface area contributed by atoms with Crippen molar-refractivity contribution in [2.24, 2.45) is 5.41 Å². The highest BCUT2D eigenvalue weighted by Crippen LogP contribution is 2.39. The molecule has 0 saturated heterocycles. The van der Waals surface area contributed by atoms with E-state index in [1.165, 1.54) is 11.1 Å². The molecular weight excluding hydrogens is 206 g/mol. The lowest BCUT2D eigenvalue weighted by atomic mass is 9.73. The number of fused-ring (bicyclic) bond motifs is 1. The van der Waals surface area contributed by atoms with Gasteiger partial charge in [0.25, 0.3) is 0 Å². The molecule has 1 aromatic rings. The van der Waals surface area contributed by atoms with E-state index in [4.69, 9.17) is 11.6 Å². The van der Waals surface area contributed by atoms with Gasteiger partial charge in [0.05, 0.1) is 0 Å². The Hall–Kier alpha value is -0.530. The fourth-order valence-corrected chi connectivity index (χ4v) is 2.56. The molecule has 1 heterocycles. The molecule has 2 rings (SSSR count). The van der Waals surface area contributed by atoms with Crippen LogP contribution in [0.3, 0.4) is 0 Å². The third-order valence-electron chi connectivity index (χ3n) is 3.23. The Labute approximate surface area is 96.8 Å². The summed E-state index contributed by atoms with van der Waals surface area (Å²) in [6.07, 6.45) is 0. The average molecular weight is 224 g/mol. The summed E-state index contributed by atoms with van der Waals surface area (Å²) in [4.78, 5) is 0. The van der Waals surface area contributed by atoms with E-state index in [-0.39, 0.29) is 5.41 Å². The first-order valence-corrected chi connectivity index (χ1v) is 5.86. The quantitative estimate of drug-likeness (QED) is 0.709. The first-order valence-electron chi connectivity index (χ1n) is 5.48. The summed E-state index contributed by atoms with van der Waals surface area (Å²) in [6.45, 7) is 8.82. The van der Waals surface area contributed by atoms with Crippen LogP contribution >= 0.6 is 11.6 Å². The molecule has 0 aliphatic carbocycles. The van der Waals surface area contributed by atoms with Crippen molar-refractivity contribution in [1.29, 1.82) is 0 Å². The first kappa shape index (κ1) is 11.0. The van der Waals surface area contributed by atoms with Crippen molar-refractivity contribution in [3.63, 3.8) is 0 Å². The summed E-state index contributed by atoms with van der Waals surface area (Å²) in [5.41, 5.74) is 2.99. The minimum absolute atomic E-state index is 0.285. The van der Waals surface area contributed by atoms with Gasteiger partial charge in [0, 0.05) is 24.0 Å². The van der Waals surface area contributed by atoms with Crippen molar-refractivity contribution in [1.82, 2.24) is 5.32 Å². The molecule has 1 N–H and O–H groups in total. The topological polar surface area (TPSA) is 12.0 Å². The highest BCUT2D eigenvalue weighted by molar-refractivity contribution is 6.31. The van der Waals surface area contributed by atoms with Crippen LogP contribution in [0.15, 0.2) is 18.2 Å². The lowest BCUT2D eigenvalue weighted by molar-refractivity contribution is 0.296. The fourth-order valence-electron chi connectivity index (χ4n) is 2.31. The van der Waals surface area contributed by atoms with Gasteiger partial charge in [-0.15, -0.1) is 0 Å². The third-order valence-corrected chi connectivity index (χ3v) is 3.58. The van der Waals surface area contributed by atoms with Gasteiger partial charge in [0.15, 0.2) is 0 Å². The van der Waals surface area contributed by atoms with Crippen LogP contribution in [0.1, 0.15) is 37.8 Å². The second-order valence-electron chi connectivity index (χ2n) is 5.36. The molecular formula is C13H18ClN. The molecule has 0 spiro atoms. The van der Waals surface area contributed by atoms with Crippen LogP contribution < -0.4 is 5.32 Å². The van der Waals surface area contributed by atoms with Crippen LogP contribution in [0.25, 0.3) is 0 Å². The maximum atomic E-state index is 6.22. The number of hydrogen-bond acceptors (Lipinski definition) is 1. The molecule has 1 aliphatic heterocycles. The van der Waals surface area contributed by atoms with Gasteiger partial charge in [-0.3, -0.25) is 0 Å². The van der Waals surface area contributed by atoms with Crippen LogP contribution in [0.5, 0.6) is 0 Å². The number of hydrogen-bond donors (Lipinski definition) is 1. The summed E-state index contributed by atoms with van der Waals surface area (Å²) in [5, 5.41) is 4.35. The van der Waals surface area contributed by atoms with E-state index in [2.05, 4.69) is 38.2 Å². The summed E-state index contributed by atoms with van der Waals surface area (Å²) in [6, 6.07) is 6.26. The van der Waals surface area contributed by atoms with Crippen molar-refractivity contribution in [3.05, 3.63) is 34.3 Å². The van der Waals surface area contributed by atoms with E-state index in [0.717, 1.165) is 18.1 Å². The molecule has 0 radical (unpaired) electrons.